The lowest BCUT2D eigenvalue weighted by molar-refractivity contribution is -0.137. The lowest BCUT2D eigenvalue weighted by atomic mass is 9.94. The molecule has 3 nitrogen and oxygen atoms in total. The number of amides is 1. The Morgan fingerprint density at radius 3 is 2.24 bits per heavy atom. The van der Waals surface area contributed by atoms with Crippen LogP contribution in [0.15, 0.2) is 54.6 Å². The monoisotopic (exact) mass is 482 g/mol. The van der Waals surface area contributed by atoms with E-state index in [2.05, 4.69) is 5.32 Å². The van der Waals surface area contributed by atoms with Gasteiger partial charge in [-0.05, 0) is 63.1 Å². The summed E-state index contributed by atoms with van der Waals surface area (Å²) in [6, 6.07) is 14.5. The maximum Gasteiger partial charge on any atom is 0.416 e. The maximum absolute atomic E-state index is 13.5. The summed E-state index contributed by atoms with van der Waals surface area (Å²) in [6.07, 6.45) is -4.56. The second-order valence-corrected chi connectivity index (χ2v) is 8.86. The van der Waals surface area contributed by atoms with Gasteiger partial charge in [-0.15, -0.1) is 0 Å². The minimum Gasteiger partial charge on any atom is -0.321 e. The number of aryl methyl sites for hydroxylation is 3. The molecule has 0 saturated heterocycles. The van der Waals surface area contributed by atoms with Crippen molar-refractivity contribution in [2.24, 2.45) is 0 Å². The van der Waals surface area contributed by atoms with Crippen LogP contribution in [0.25, 0.3) is 22.2 Å². The Morgan fingerprint density at radius 2 is 1.59 bits per heavy atom. The summed E-state index contributed by atoms with van der Waals surface area (Å²) in [5.41, 5.74) is 5.05. The number of fused-ring (bicyclic) bond motifs is 1. The molecule has 4 rings (SSSR count). The molecule has 4 aromatic rings. The Balaban J connectivity index is 1.91. The van der Waals surface area contributed by atoms with Gasteiger partial charge < -0.3 is 5.32 Å². The van der Waals surface area contributed by atoms with Gasteiger partial charge >= 0.3 is 6.18 Å². The van der Waals surface area contributed by atoms with Gasteiger partial charge in [0.05, 0.1) is 33.0 Å². The van der Waals surface area contributed by atoms with E-state index in [1.54, 1.807) is 6.92 Å². The summed E-state index contributed by atoms with van der Waals surface area (Å²) >= 11 is 6.13. The number of hydrogen-bond acceptors (Lipinski definition) is 2. The molecule has 1 aromatic heterocycles. The summed E-state index contributed by atoms with van der Waals surface area (Å²) in [5.74, 6) is -0.551. The van der Waals surface area contributed by atoms with Crippen molar-refractivity contribution in [1.29, 1.82) is 0 Å². The lowest BCUT2D eigenvalue weighted by Gasteiger charge is -2.17. The van der Waals surface area contributed by atoms with E-state index in [1.807, 2.05) is 57.2 Å². The molecule has 3 aromatic carbocycles. The van der Waals surface area contributed by atoms with Crippen LogP contribution in [0.5, 0.6) is 0 Å². The number of pyridine rings is 1. The number of carbonyl (C=O) groups is 1. The molecule has 1 amide bonds. The molecule has 0 fully saturated rings. The topological polar surface area (TPSA) is 42.0 Å². The highest BCUT2D eigenvalue weighted by Gasteiger charge is 2.31. The largest absolute Gasteiger partial charge is 0.416 e. The second-order valence-electron chi connectivity index (χ2n) is 8.45. The number of benzene rings is 3. The van der Waals surface area contributed by atoms with Crippen LogP contribution in [0.1, 0.15) is 38.2 Å². The fraction of sp³-hybridized carbons (Fsp3) is 0.185. The first-order valence-electron chi connectivity index (χ1n) is 10.6. The predicted octanol–water partition coefficient (Wildman–Crippen LogP) is 8.06. The van der Waals surface area contributed by atoms with Crippen molar-refractivity contribution >= 4 is 34.1 Å². The minimum atomic E-state index is -4.56. The quantitative estimate of drug-likeness (QED) is 0.321. The molecule has 0 spiro atoms. The Kier molecular flexibility index (Phi) is 6.13. The van der Waals surface area contributed by atoms with Gasteiger partial charge in [-0.2, -0.15) is 13.2 Å². The Labute approximate surface area is 200 Å². The van der Waals surface area contributed by atoms with Crippen molar-refractivity contribution in [2.45, 2.75) is 33.9 Å². The molecular formula is C27H22ClF3N2O. The van der Waals surface area contributed by atoms with Gasteiger partial charge in [0.2, 0.25) is 0 Å². The zero-order valence-corrected chi connectivity index (χ0v) is 19.8. The summed E-state index contributed by atoms with van der Waals surface area (Å²) < 4.78 is 39.7. The fourth-order valence-electron chi connectivity index (χ4n) is 4.08. The van der Waals surface area contributed by atoms with Crippen molar-refractivity contribution in [3.8, 4) is 11.3 Å². The third-order valence-electron chi connectivity index (χ3n) is 5.76. The number of carbonyl (C=O) groups excluding carboxylic acids is 1. The number of halogens is 4. The van der Waals surface area contributed by atoms with Crippen LogP contribution in [0, 0.1) is 27.7 Å². The Morgan fingerprint density at radius 1 is 0.912 bits per heavy atom. The summed E-state index contributed by atoms with van der Waals surface area (Å²) in [7, 11) is 0. The molecule has 0 aliphatic carbocycles. The van der Waals surface area contributed by atoms with E-state index in [9.17, 15) is 18.0 Å². The van der Waals surface area contributed by atoms with E-state index in [-0.39, 0.29) is 10.7 Å². The summed E-state index contributed by atoms with van der Waals surface area (Å²) in [6.45, 7) is 7.61. The predicted molar refractivity (Wildman–Crippen MR) is 131 cm³/mol. The number of hydrogen-bond donors (Lipinski definition) is 1. The molecule has 0 radical (unpaired) electrons. The standard InChI is InChI=1S/C27H22ClF3N2O/c1-14-5-7-18(8-6-14)25-17(4)23(20-12-15(2)11-16(3)24(20)33-25)26(34)32-22-13-19(27(29,30)31)9-10-21(22)28/h5-13H,1-4H3,(H,32,34). The van der Waals surface area contributed by atoms with Gasteiger partial charge in [0.1, 0.15) is 0 Å². The molecule has 174 valence electrons. The molecule has 0 atom stereocenters. The van der Waals surface area contributed by atoms with Crippen molar-refractivity contribution < 1.29 is 18.0 Å². The van der Waals surface area contributed by atoms with E-state index in [0.717, 1.165) is 40.5 Å². The first-order valence-corrected chi connectivity index (χ1v) is 11.0. The Hall–Kier alpha value is -3.38. The van der Waals surface area contributed by atoms with Crippen LogP contribution in [0.3, 0.4) is 0 Å². The number of alkyl halides is 3. The fourth-order valence-corrected chi connectivity index (χ4v) is 4.25. The minimum absolute atomic E-state index is 0.0171. The third kappa shape index (κ3) is 4.50. The van der Waals surface area contributed by atoms with Gasteiger partial charge in [0.15, 0.2) is 0 Å². The van der Waals surface area contributed by atoms with E-state index in [0.29, 0.717) is 27.7 Å². The van der Waals surface area contributed by atoms with Crippen LogP contribution >= 0.6 is 11.6 Å². The first kappa shape index (κ1) is 23.8. The lowest BCUT2D eigenvalue weighted by Crippen LogP contribution is -2.16. The molecule has 0 bridgehead atoms. The van der Waals surface area contributed by atoms with E-state index in [1.165, 1.54) is 0 Å². The second kappa shape index (κ2) is 8.76. The maximum atomic E-state index is 13.5. The number of aromatic nitrogens is 1. The van der Waals surface area contributed by atoms with Crippen LogP contribution in [-0.4, -0.2) is 10.9 Å². The average molecular weight is 483 g/mol. The molecule has 7 heteroatoms. The molecule has 0 unspecified atom stereocenters. The van der Waals surface area contributed by atoms with Gasteiger partial charge in [-0.3, -0.25) is 4.79 Å². The zero-order chi connectivity index (χ0) is 24.8. The van der Waals surface area contributed by atoms with Gasteiger partial charge in [0.25, 0.3) is 5.91 Å². The van der Waals surface area contributed by atoms with Crippen LogP contribution in [0.4, 0.5) is 18.9 Å². The van der Waals surface area contributed by atoms with Gasteiger partial charge in [-0.25, -0.2) is 4.98 Å². The summed E-state index contributed by atoms with van der Waals surface area (Å²) in [5, 5.41) is 3.25. The van der Waals surface area contributed by atoms with Gasteiger partial charge in [0, 0.05) is 10.9 Å². The smallest absolute Gasteiger partial charge is 0.321 e. The highest BCUT2D eigenvalue weighted by atomic mass is 35.5. The van der Waals surface area contributed by atoms with Crippen molar-refractivity contribution in [3.63, 3.8) is 0 Å². The van der Waals surface area contributed by atoms with E-state index in [4.69, 9.17) is 16.6 Å². The van der Waals surface area contributed by atoms with Gasteiger partial charge in [-0.1, -0.05) is 53.1 Å². The molecule has 1 N–H and O–H groups in total. The van der Waals surface area contributed by atoms with E-state index < -0.39 is 17.6 Å². The van der Waals surface area contributed by atoms with E-state index >= 15 is 0 Å². The molecule has 0 saturated carbocycles. The molecule has 34 heavy (non-hydrogen) atoms. The summed E-state index contributed by atoms with van der Waals surface area (Å²) in [4.78, 5) is 18.4. The van der Waals surface area contributed by atoms with Crippen LogP contribution < -0.4 is 5.32 Å². The van der Waals surface area contributed by atoms with Crippen molar-refractivity contribution in [3.05, 3.63) is 93.0 Å². The molecule has 1 heterocycles. The molecular weight excluding hydrogens is 461 g/mol. The normalized spacial score (nSPS) is 11.6. The number of nitrogens with zero attached hydrogens (tertiary/aromatic N) is 1. The Bertz CT molecular complexity index is 1430. The highest BCUT2D eigenvalue weighted by molar-refractivity contribution is 6.34. The number of rotatable bonds is 3. The molecule has 0 aliphatic heterocycles. The van der Waals surface area contributed by atoms with Crippen molar-refractivity contribution in [2.75, 3.05) is 5.32 Å². The van der Waals surface area contributed by atoms with Crippen molar-refractivity contribution in [1.82, 2.24) is 4.98 Å². The zero-order valence-electron chi connectivity index (χ0n) is 19.1. The SMILES string of the molecule is Cc1ccc(-c2nc3c(C)cc(C)cc3c(C(=O)Nc3cc(C(F)(F)F)ccc3Cl)c2C)cc1. The number of anilines is 1. The van der Waals surface area contributed by atoms with Crippen LogP contribution in [0.2, 0.25) is 5.02 Å². The number of nitrogens with one attached hydrogen (secondary N) is 1. The molecule has 0 aliphatic rings. The van der Waals surface area contributed by atoms with Crippen LogP contribution in [-0.2, 0) is 6.18 Å². The first-order chi connectivity index (χ1) is 16.0. The third-order valence-corrected chi connectivity index (χ3v) is 6.09. The average Bonchev–Trinajstić information content (AvgIpc) is 2.74. The highest BCUT2D eigenvalue weighted by Crippen LogP contribution is 2.36.